The number of hydrogen-bond acceptors (Lipinski definition) is 6. The number of carbonyl (C=O) groups is 3. The number of nitrogens with one attached hydrogen (secondary N) is 1. The van der Waals surface area contributed by atoms with Gasteiger partial charge in [-0.25, -0.2) is 13.2 Å². The monoisotopic (exact) mass is 563 g/mol. The number of methoxy groups -OCH3 is 1. The first-order valence-electron chi connectivity index (χ1n) is 12.8. The number of aromatic hydroxyl groups is 1. The first-order valence-corrected chi connectivity index (χ1v) is 12.8. The molecule has 2 aliphatic heterocycles. The maximum atomic E-state index is 15.4. The van der Waals surface area contributed by atoms with E-state index >= 15 is 8.78 Å². The Bertz CT molecular complexity index is 1320. The number of ether oxygens (including phenoxy) is 1. The van der Waals surface area contributed by atoms with Crippen molar-refractivity contribution in [3.8, 4) is 5.75 Å². The maximum absolute atomic E-state index is 15.4. The number of amides is 3. The van der Waals surface area contributed by atoms with Crippen LogP contribution in [0.3, 0.4) is 0 Å². The van der Waals surface area contributed by atoms with E-state index in [9.17, 15) is 29.0 Å². The summed E-state index contributed by atoms with van der Waals surface area (Å²) in [6.07, 6.45) is -2.29. The Hall–Kier alpha value is -3.64. The molecule has 0 bridgehead atoms. The Kier molecular flexibility index (Phi) is 7.88. The third kappa shape index (κ3) is 4.79. The molecule has 0 aromatic heterocycles. The second-order valence-electron chi connectivity index (χ2n) is 10.5. The van der Waals surface area contributed by atoms with Crippen molar-refractivity contribution in [2.75, 3.05) is 20.3 Å². The van der Waals surface area contributed by atoms with E-state index in [0.717, 1.165) is 11.0 Å². The standard InChI is InChI=1S/C28H32F3N3O6/c1-15(13-40-4)34-26(39)23-27(34,3)28(30,31)14-33(23)25(38)22(36)20(12-17-7-5-8-18(29)11-17)32-24(37)19-9-6-10-21(35)16(19)2/h5-11,15,20,22-23,35-36H,12-14H2,1-4H3,(H,32,37). The molecule has 2 heterocycles. The van der Waals surface area contributed by atoms with Crippen molar-refractivity contribution < 1.29 is 42.5 Å². The minimum absolute atomic E-state index is 0.0108. The van der Waals surface area contributed by atoms with Crippen LogP contribution in [0, 0.1) is 12.7 Å². The number of benzene rings is 2. The summed E-state index contributed by atoms with van der Waals surface area (Å²) in [7, 11) is 1.38. The highest BCUT2D eigenvalue weighted by Crippen LogP contribution is 2.53. The number of nitrogens with zero attached hydrogens (tertiary/aromatic N) is 2. The van der Waals surface area contributed by atoms with Gasteiger partial charge in [-0.2, -0.15) is 0 Å². The molecule has 12 heteroatoms. The van der Waals surface area contributed by atoms with Gasteiger partial charge in [0.15, 0.2) is 6.10 Å². The van der Waals surface area contributed by atoms with Crippen LogP contribution in [0.4, 0.5) is 13.2 Å². The van der Waals surface area contributed by atoms with E-state index in [1.165, 1.54) is 57.4 Å². The molecule has 2 aromatic carbocycles. The summed E-state index contributed by atoms with van der Waals surface area (Å²) in [4.78, 5) is 41.4. The number of phenolic OH excluding ortho intramolecular Hbond substituents is 1. The maximum Gasteiger partial charge on any atom is 0.290 e. The number of likely N-dealkylation sites (tertiary alicyclic amines) is 2. The van der Waals surface area contributed by atoms with E-state index in [0.29, 0.717) is 10.5 Å². The van der Waals surface area contributed by atoms with E-state index in [1.54, 1.807) is 6.92 Å². The summed E-state index contributed by atoms with van der Waals surface area (Å²) in [6, 6.07) is 5.92. The Balaban J connectivity index is 1.63. The van der Waals surface area contributed by atoms with E-state index in [-0.39, 0.29) is 29.9 Å². The van der Waals surface area contributed by atoms with Gasteiger partial charge in [0.2, 0.25) is 5.91 Å². The number of β-lactam (4-membered cyclic amide) rings is 1. The van der Waals surface area contributed by atoms with Crippen molar-refractivity contribution in [3.05, 3.63) is 65.0 Å². The Morgan fingerprint density at radius 2 is 1.90 bits per heavy atom. The number of carbonyl (C=O) groups excluding carboxylic acids is 3. The molecule has 0 radical (unpaired) electrons. The third-order valence-electron chi connectivity index (χ3n) is 7.90. The molecule has 40 heavy (non-hydrogen) atoms. The van der Waals surface area contributed by atoms with Gasteiger partial charge in [-0.05, 0) is 57.0 Å². The van der Waals surface area contributed by atoms with E-state index in [1.807, 2.05) is 0 Å². The molecule has 2 fully saturated rings. The number of fused-ring (bicyclic) bond motifs is 1. The second kappa shape index (κ2) is 10.7. The van der Waals surface area contributed by atoms with Crippen molar-refractivity contribution in [3.63, 3.8) is 0 Å². The zero-order valence-electron chi connectivity index (χ0n) is 22.5. The van der Waals surface area contributed by atoms with Crippen molar-refractivity contribution >= 4 is 17.7 Å². The molecule has 2 saturated heterocycles. The van der Waals surface area contributed by atoms with Gasteiger partial charge in [-0.15, -0.1) is 0 Å². The Morgan fingerprint density at radius 1 is 1.23 bits per heavy atom. The average molecular weight is 564 g/mol. The highest BCUT2D eigenvalue weighted by molar-refractivity contribution is 5.99. The number of aliphatic hydroxyl groups excluding tert-OH is 1. The molecular weight excluding hydrogens is 531 g/mol. The van der Waals surface area contributed by atoms with Crippen LogP contribution in [0.15, 0.2) is 42.5 Å². The fraction of sp³-hybridized carbons (Fsp3) is 0.464. The molecule has 5 unspecified atom stereocenters. The summed E-state index contributed by atoms with van der Waals surface area (Å²) >= 11 is 0. The van der Waals surface area contributed by atoms with Gasteiger partial charge in [-0.3, -0.25) is 14.4 Å². The number of aliphatic hydroxyl groups is 1. The molecule has 4 rings (SSSR count). The van der Waals surface area contributed by atoms with Gasteiger partial charge in [0.25, 0.3) is 17.7 Å². The minimum atomic E-state index is -3.50. The zero-order chi connectivity index (χ0) is 29.6. The lowest BCUT2D eigenvalue weighted by atomic mass is 9.77. The summed E-state index contributed by atoms with van der Waals surface area (Å²) in [5, 5.41) is 23.7. The van der Waals surface area contributed by atoms with Crippen LogP contribution in [0.25, 0.3) is 0 Å². The highest BCUT2D eigenvalue weighted by atomic mass is 19.3. The average Bonchev–Trinajstić information content (AvgIpc) is 3.06. The Morgan fingerprint density at radius 3 is 2.55 bits per heavy atom. The topological polar surface area (TPSA) is 119 Å². The van der Waals surface area contributed by atoms with Gasteiger partial charge < -0.3 is 30.1 Å². The van der Waals surface area contributed by atoms with Crippen molar-refractivity contribution in [1.82, 2.24) is 15.1 Å². The van der Waals surface area contributed by atoms with Gasteiger partial charge in [0.05, 0.1) is 25.2 Å². The number of rotatable bonds is 9. The molecule has 2 aromatic rings. The van der Waals surface area contributed by atoms with Crippen molar-refractivity contribution in [2.24, 2.45) is 0 Å². The largest absolute Gasteiger partial charge is 0.508 e. The van der Waals surface area contributed by atoms with Crippen LogP contribution >= 0.6 is 0 Å². The zero-order valence-corrected chi connectivity index (χ0v) is 22.5. The van der Waals surface area contributed by atoms with Crippen LogP contribution in [-0.2, 0) is 20.7 Å². The lowest BCUT2D eigenvalue weighted by molar-refractivity contribution is -0.200. The molecule has 216 valence electrons. The predicted molar refractivity (Wildman–Crippen MR) is 137 cm³/mol. The van der Waals surface area contributed by atoms with E-state index in [4.69, 9.17) is 4.74 Å². The third-order valence-corrected chi connectivity index (χ3v) is 7.90. The molecule has 0 saturated carbocycles. The molecule has 3 amide bonds. The molecule has 5 atom stereocenters. The summed E-state index contributed by atoms with van der Waals surface area (Å²) in [5.41, 5.74) is -1.40. The molecule has 9 nitrogen and oxygen atoms in total. The van der Waals surface area contributed by atoms with Gasteiger partial charge in [-0.1, -0.05) is 18.2 Å². The number of hydrogen-bond donors (Lipinski definition) is 3. The van der Waals surface area contributed by atoms with Gasteiger partial charge in [0.1, 0.15) is 23.1 Å². The fourth-order valence-corrected chi connectivity index (χ4v) is 5.76. The smallest absolute Gasteiger partial charge is 0.290 e. The van der Waals surface area contributed by atoms with E-state index in [2.05, 4.69) is 5.32 Å². The van der Waals surface area contributed by atoms with Crippen LogP contribution in [0.1, 0.15) is 35.3 Å². The molecular formula is C28H32F3N3O6. The van der Waals surface area contributed by atoms with E-state index < -0.39 is 65.8 Å². The molecule has 3 N–H and O–H groups in total. The van der Waals surface area contributed by atoms with Crippen LogP contribution in [0.5, 0.6) is 5.75 Å². The summed E-state index contributed by atoms with van der Waals surface area (Å²) in [5.74, 6) is -6.87. The van der Waals surface area contributed by atoms with Crippen molar-refractivity contribution in [1.29, 1.82) is 0 Å². The summed E-state index contributed by atoms with van der Waals surface area (Å²) < 4.78 is 49.7. The number of halogens is 3. The van der Waals surface area contributed by atoms with Crippen LogP contribution < -0.4 is 5.32 Å². The SMILES string of the molecule is COCC(C)N1C(=O)C2N(C(=O)C(O)C(Cc3cccc(F)c3)NC(=O)c3cccc(O)c3C)CC(F)(F)C21C. The highest BCUT2D eigenvalue weighted by Gasteiger charge is 2.78. The number of alkyl halides is 2. The Labute approximate surface area is 229 Å². The lowest BCUT2D eigenvalue weighted by Gasteiger charge is -2.57. The quantitative estimate of drug-likeness (QED) is 0.402. The predicted octanol–water partition coefficient (Wildman–Crippen LogP) is 2.02. The van der Waals surface area contributed by atoms with Crippen molar-refractivity contribution in [2.45, 2.75) is 62.9 Å². The van der Waals surface area contributed by atoms with Crippen LogP contribution in [0.2, 0.25) is 0 Å². The first-order chi connectivity index (χ1) is 18.7. The van der Waals surface area contributed by atoms with Gasteiger partial charge >= 0.3 is 0 Å². The summed E-state index contributed by atoms with van der Waals surface area (Å²) in [6.45, 7) is 3.15. The molecule has 2 aliphatic rings. The fourth-order valence-electron chi connectivity index (χ4n) is 5.76. The molecule has 0 spiro atoms. The number of phenols is 1. The first kappa shape index (κ1) is 29.3. The van der Waals surface area contributed by atoms with Gasteiger partial charge in [0, 0.05) is 18.2 Å². The lowest BCUT2D eigenvalue weighted by Crippen LogP contribution is -2.80. The van der Waals surface area contributed by atoms with Crippen LogP contribution in [-0.4, -0.2) is 93.7 Å². The second-order valence-corrected chi connectivity index (χ2v) is 10.5. The minimum Gasteiger partial charge on any atom is -0.508 e. The molecule has 0 aliphatic carbocycles. The normalized spacial score (nSPS) is 23.7.